The lowest BCUT2D eigenvalue weighted by Crippen LogP contribution is -2.21. The third kappa shape index (κ3) is 4.01. The number of hydrogen-bond acceptors (Lipinski definition) is 6. The molecule has 0 fully saturated rings. The van der Waals surface area contributed by atoms with Crippen LogP contribution in [-0.2, 0) is 11.8 Å². The van der Waals surface area contributed by atoms with Gasteiger partial charge >= 0.3 is 0 Å². The number of thioether (sulfide) groups is 1. The molecule has 0 aliphatic heterocycles. The van der Waals surface area contributed by atoms with Gasteiger partial charge in [-0.1, -0.05) is 30.0 Å². The Morgan fingerprint density at radius 2 is 2.07 bits per heavy atom. The molecule has 0 radical (unpaired) electrons. The van der Waals surface area contributed by atoms with Gasteiger partial charge in [0.05, 0.1) is 23.0 Å². The van der Waals surface area contributed by atoms with Crippen LogP contribution in [0.3, 0.4) is 0 Å². The molecule has 3 heterocycles. The zero-order valence-corrected chi connectivity index (χ0v) is 18.4. The lowest BCUT2D eigenvalue weighted by atomic mass is 10.0. The number of hydrogen-bond donors (Lipinski definition) is 1. The van der Waals surface area contributed by atoms with E-state index in [0.29, 0.717) is 21.1 Å². The zero-order chi connectivity index (χ0) is 21.3. The third-order valence-corrected chi connectivity index (χ3v) is 6.77. The summed E-state index contributed by atoms with van der Waals surface area (Å²) in [5.41, 5.74) is 4.84. The highest BCUT2D eigenvalue weighted by atomic mass is 32.2. The summed E-state index contributed by atoms with van der Waals surface area (Å²) in [7, 11) is 1.69. The predicted octanol–water partition coefficient (Wildman–Crippen LogP) is 4.40. The van der Waals surface area contributed by atoms with Crippen LogP contribution in [0.25, 0.3) is 21.3 Å². The highest BCUT2D eigenvalue weighted by molar-refractivity contribution is 7.99. The minimum Gasteiger partial charge on any atom is -0.324 e. The average molecular weight is 437 g/mol. The summed E-state index contributed by atoms with van der Waals surface area (Å²) in [6.45, 7) is 4.13. The maximum Gasteiger partial charge on any atom is 0.263 e. The van der Waals surface area contributed by atoms with Gasteiger partial charge in [0.1, 0.15) is 4.83 Å². The van der Waals surface area contributed by atoms with Gasteiger partial charge in [0, 0.05) is 24.2 Å². The Balaban J connectivity index is 1.60. The molecule has 0 aliphatic rings. The molecule has 6 nitrogen and oxygen atoms in total. The highest BCUT2D eigenvalue weighted by Crippen LogP contribution is 2.33. The van der Waals surface area contributed by atoms with E-state index in [1.165, 1.54) is 38.8 Å². The number of thiophene rings is 1. The van der Waals surface area contributed by atoms with E-state index >= 15 is 0 Å². The SMILES string of the molecule is Cc1ccc(-c2csc3nc(SCC(=O)Nc4cccnc4)n(C)c(=O)c23)cc1C. The number of carbonyl (C=O) groups is 1. The number of rotatable bonds is 5. The molecule has 1 aromatic carbocycles. The molecule has 0 unspecified atom stereocenters. The minimum absolute atomic E-state index is 0.107. The smallest absolute Gasteiger partial charge is 0.263 e. The zero-order valence-electron chi connectivity index (χ0n) is 16.8. The van der Waals surface area contributed by atoms with Gasteiger partial charge in [0.25, 0.3) is 5.56 Å². The van der Waals surface area contributed by atoms with E-state index in [2.05, 4.69) is 41.3 Å². The summed E-state index contributed by atoms with van der Waals surface area (Å²) in [5, 5.41) is 5.90. The van der Waals surface area contributed by atoms with E-state index in [0.717, 1.165) is 11.1 Å². The van der Waals surface area contributed by atoms with E-state index in [9.17, 15) is 9.59 Å². The standard InChI is InChI=1S/C22H20N4O2S2/c1-13-6-7-15(9-14(13)2)17-11-29-20-19(17)21(28)26(3)22(25-20)30-12-18(27)24-16-5-4-8-23-10-16/h4-11H,12H2,1-3H3,(H,24,27). The molecule has 0 aliphatic carbocycles. The van der Waals surface area contributed by atoms with Crippen LogP contribution in [0.1, 0.15) is 11.1 Å². The number of aromatic nitrogens is 3. The normalized spacial score (nSPS) is 11.0. The predicted molar refractivity (Wildman–Crippen MR) is 123 cm³/mol. The molecule has 152 valence electrons. The van der Waals surface area contributed by atoms with E-state index in [1.54, 1.807) is 31.6 Å². The second-order valence-corrected chi connectivity index (χ2v) is 8.77. The Kier molecular flexibility index (Phi) is 5.69. The molecule has 0 spiro atoms. The van der Waals surface area contributed by atoms with Crippen molar-refractivity contribution in [1.82, 2.24) is 14.5 Å². The summed E-state index contributed by atoms with van der Waals surface area (Å²) in [4.78, 5) is 34.6. The molecule has 0 bridgehead atoms. The number of fused-ring (bicyclic) bond motifs is 1. The van der Waals surface area contributed by atoms with Crippen molar-refractivity contribution in [2.24, 2.45) is 7.05 Å². The van der Waals surface area contributed by atoms with Crippen molar-refractivity contribution in [2.75, 3.05) is 11.1 Å². The van der Waals surface area contributed by atoms with Gasteiger partial charge < -0.3 is 5.32 Å². The number of nitrogens with one attached hydrogen (secondary N) is 1. The number of nitrogens with zero attached hydrogens (tertiary/aromatic N) is 3. The van der Waals surface area contributed by atoms with Gasteiger partial charge in [0.2, 0.25) is 5.91 Å². The molecule has 4 aromatic rings. The minimum atomic E-state index is -0.177. The molecule has 0 saturated heterocycles. The number of amides is 1. The van der Waals surface area contributed by atoms with Crippen molar-refractivity contribution in [2.45, 2.75) is 19.0 Å². The molecular formula is C22H20N4O2S2. The lowest BCUT2D eigenvalue weighted by molar-refractivity contribution is -0.113. The van der Waals surface area contributed by atoms with Crippen LogP contribution in [0.15, 0.2) is 58.1 Å². The maximum absolute atomic E-state index is 13.1. The molecule has 4 rings (SSSR count). The molecular weight excluding hydrogens is 416 g/mol. The van der Waals surface area contributed by atoms with Gasteiger partial charge in [-0.05, 0) is 42.7 Å². The molecule has 3 aromatic heterocycles. The maximum atomic E-state index is 13.1. The topological polar surface area (TPSA) is 76.9 Å². The van der Waals surface area contributed by atoms with Gasteiger partial charge in [-0.3, -0.25) is 19.1 Å². The van der Waals surface area contributed by atoms with Crippen molar-refractivity contribution in [3.63, 3.8) is 0 Å². The van der Waals surface area contributed by atoms with Gasteiger partial charge in [-0.2, -0.15) is 0 Å². The van der Waals surface area contributed by atoms with E-state index in [-0.39, 0.29) is 17.2 Å². The molecule has 8 heteroatoms. The summed E-state index contributed by atoms with van der Waals surface area (Å²) < 4.78 is 1.52. The van der Waals surface area contributed by atoms with Crippen LogP contribution >= 0.6 is 23.1 Å². The number of pyridine rings is 1. The fraction of sp³-hybridized carbons (Fsp3) is 0.182. The summed E-state index contributed by atoms with van der Waals surface area (Å²) in [5.74, 6) is -0.0277. The van der Waals surface area contributed by atoms with Gasteiger partial charge in [0.15, 0.2) is 5.16 Å². The van der Waals surface area contributed by atoms with Crippen LogP contribution in [0.2, 0.25) is 0 Å². The summed E-state index contributed by atoms with van der Waals surface area (Å²) >= 11 is 2.69. The van der Waals surface area contributed by atoms with Crippen molar-refractivity contribution in [1.29, 1.82) is 0 Å². The first-order valence-electron chi connectivity index (χ1n) is 9.32. The number of benzene rings is 1. The average Bonchev–Trinajstić information content (AvgIpc) is 3.16. The highest BCUT2D eigenvalue weighted by Gasteiger charge is 2.17. The van der Waals surface area contributed by atoms with Gasteiger partial charge in [-0.25, -0.2) is 4.98 Å². The largest absolute Gasteiger partial charge is 0.324 e. The Morgan fingerprint density at radius 3 is 2.80 bits per heavy atom. The summed E-state index contributed by atoms with van der Waals surface area (Å²) in [6.07, 6.45) is 3.23. The van der Waals surface area contributed by atoms with E-state index in [1.807, 2.05) is 11.4 Å². The number of anilines is 1. The fourth-order valence-corrected chi connectivity index (χ4v) is 4.83. The van der Waals surface area contributed by atoms with Crippen LogP contribution in [-0.4, -0.2) is 26.2 Å². The van der Waals surface area contributed by atoms with Crippen molar-refractivity contribution in [3.05, 3.63) is 69.6 Å². The fourth-order valence-electron chi connectivity index (χ4n) is 3.07. The Hall–Kier alpha value is -2.97. The van der Waals surface area contributed by atoms with Crippen LogP contribution in [0, 0.1) is 13.8 Å². The van der Waals surface area contributed by atoms with E-state index in [4.69, 9.17) is 0 Å². The van der Waals surface area contributed by atoms with Gasteiger partial charge in [-0.15, -0.1) is 11.3 Å². The molecule has 30 heavy (non-hydrogen) atoms. The monoisotopic (exact) mass is 436 g/mol. The number of aryl methyl sites for hydroxylation is 2. The molecule has 0 atom stereocenters. The molecule has 0 saturated carbocycles. The second-order valence-electron chi connectivity index (χ2n) is 6.97. The first-order chi connectivity index (χ1) is 14.4. The first kappa shape index (κ1) is 20.3. The van der Waals surface area contributed by atoms with Crippen LogP contribution in [0.4, 0.5) is 5.69 Å². The Morgan fingerprint density at radius 1 is 1.23 bits per heavy atom. The first-order valence-corrected chi connectivity index (χ1v) is 11.2. The van der Waals surface area contributed by atoms with Crippen molar-refractivity contribution in [3.8, 4) is 11.1 Å². The Labute approximate surface area is 182 Å². The lowest BCUT2D eigenvalue weighted by Gasteiger charge is -2.09. The quantitative estimate of drug-likeness (QED) is 0.371. The Bertz CT molecular complexity index is 1300. The third-order valence-electron chi connectivity index (χ3n) is 4.87. The van der Waals surface area contributed by atoms with Crippen LogP contribution < -0.4 is 10.9 Å². The second kappa shape index (κ2) is 8.41. The van der Waals surface area contributed by atoms with E-state index < -0.39 is 0 Å². The summed E-state index contributed by atoms with van der Waals surface area (Å²) in [6, 6.07) is 9.73. The number of carbonyl (C=O) groups excluding carboxylic acids is 1. The van der Waals surface area contributed by atoms with Crippen LogP contribution in [0.5, 0.6) is 0 Å². The molecule has 1 N–H and O–H groups in total. The van der Waals surface area contributed by atoms with Crippen molar-refractivity contribution >= 4 is 44.9 Å². The molecule has 1 amide bonds. The van der Waals surface area contributed by atoms with Crippen molar-refractivity contribution < 1.29 is 4.79 Å².